The van der Waals surface area contributed by atoms with E-state index in [9.17, 15) is 9.59 Å². The molecule has 0 amide bonds. The smallest absolute Gasteiger partial charge is 0.321 e. The fraction of sp³-hybridized carbons (Fsp3) is 0.250. The number of benzene rings is 2. The molecule has 0 bridgehead atoms. The fourth-order valence-corrected chi connectivity index (χ4v) is 3.67. The Kier molecular flexibility index (Phi) is 7.64. The highest BCUT2D eigenvalue weighted by Gasteiger charge is 2.18. The summed E-state index contributed by atoms with van der Waals surface area (Å²) in [5, 5.41) is 25.7. The maximum atomic E-state index is 10.9. The van der Waals surface area contributed by atoms with Crippen molar-refractivity contribution in [2.75, 3.05) is 14.1 Å². The number of H-pyrrole nitrogens is 2. The molecule has 0 saturated carbocycles. The summed E-state index contributed by atoms with van der Waals surface area (Å²) in [5.74, 6) is -1.65. The molecule has 4 rings (SSSR count). The largest absolute Gasteiger partial charge is 0.480 e. The minimum absolute atomic E-state index is 0.482. The molecule has 2 aromatic heterocycles. The van der Waals surface area contributed by atoms with Crippen molar-refractivity contribution in [2.45, 2.75) is 24.9 Å². The first-order valence-corrected chi connectivity index (χ1v) is 10.3. The molecule has 0 aliphatic heterocycles. The molecule has 0 saturated heterocycles. The second-order valence-corrected chi connectivity index (χ2v) is 7.49. The predicted molar refractivity (Wildman–Crippen MR) is 125 cm³/mol. The zero-order valence-electron chi connectivity index (χ0n) is 18.1. The molecule has 0 radical (unpaired) electrons. The van der Waals surface area contributed by atoms with Gasteiger partial charge in [0.15, 0.2) is 0 Å². The molecule has 8 nitrogen and oxygen atoms in total. The van der Waals surface area contributed by atoms with Crippen molar-refractivity contribution in [3.63, 3.8) is 0 Å². The number of hydrogen-bond acceptors (Lipinski definition) is 4. The summed E-state index contributed by atoms with van der Waals surface area (Å²) < 4.78 is 0. The summed E-state index contributed by atoms with van der Waals surface area (Å²) in [6.07, 6.45) is 4.71. The predicted octanol–water partition coefficient (Wildman–Crippen LogP) is 2.77. The van der Waals surface area contributed by atoms with Crippen LogP contribution >= 0.6 is 0 Å². The van der Waals surface area contributed by atoms with E-state index >= 15 is 0 Å². The second-order valence-electron chi connectivity index (χ2n) is 7.49. The number of aromatic amines is 2. The van der Waals surface area contributed by atoms with Crippen LogP contribution in [0.25, 0.3) is 21.8 Å². The van der Waals surface area contributed by atoms with E-state index in [1.54, 1.807) is 14.1 Å². The van der Waals surface area contributed by atoms with E-state index in [2.05, 4.69) is 20.6 Å². The number of hydrogen-bond donors (Lipinski definition) is 6. The van der Waals surface area contributed by atoms with Crippen LogP contribution in [0.5, 0.6) is 0 Å². The molecule has 6 N–H and O–H groups in total. The summed E-state index contributed by atoms with van der Waals surface area (Å²) in [5.41, 5.74) is 4.13. The number of rotatable bonds is 8. The first-order chi connectivity index (χ1) is 15.4. The number of carboxylic acid groups (broad SMARTS) is 2. The third-order valence-electron chi connectivity index (χ3n) is 5.49. The molecule has 0 unspecified atom stereocenters. The third-order valence-corrected chi connectivity index (χ3v) is 5.49. The molecule has 0 aliphatic carbocycles. The molecular weight excluding hydrogens is 408 g/mol. The topological polar surface area (TPSA) is 130 Å². The van der Waals surface area contributed by atoms with Crippen LogP contribution in [-0.2, 0) is 22.4 Å². The number of carbonyl (C=O) groups is 2. The van der Waals surface area contributed by atoms with Crippen molar-refractivity contribution in [3.05, 3.63) is 72.1 Å². The Labute approximate surface area is 185 Å². The highest BCUT2D eigenvalue weighted by atomic mass is 16.4. The van der Waals surface area contributed by atoms with Crippen LogP contribution in [0.3, 0.4) is 0 Å². The van der Waals surface area contributed by atoms with Crippen molar-refractivity contribution < 1.29 is 19.8 Å². The van der Waals surface area contributed by atoms with Gasteiger partial charge < -0.3 is 30.8 Å². The first-order valence-electron chi connectivity index (χ1n) is 10.3. The Hall–Kier alpha value is -3.62. The van der Waals surface area contributed by atoms with Crippen LogP contribution in [0.1, 0.15) is 11.1 Å². The number of likely N-dealkylation sites (N-methyl/N-ethyl adjacent to an activating group) is 2. The van der Waals surface area contributed by atoms with Crippen molar-refractivity contribution in [1.29, 1.82) is 0 Å². The van der Waals surface area contributed by atoms with E-state index in [0.717, 1.165) is 32.9 Å². The second kappa shape index (κ2) is 10.6. The molecular formula is C24H28N4O4. The van der Waals surface area contributed by atoms with Crippen LogP contribution in [-0.4, -0.2) is 58.3 Å². The minimum atomic E-state index is -0.826. The molecule has 4 aromatic rings. The molecule has 168 valence electrons. The van der Waals surface area contributed by atoms with Gasteiger partial charge in [-0.1, -0.05) is 36.4 Å². The van der Waals surface area contributed by atoms with Gasteiger partial charge in [-0.2, -0.15) is 0 Å². The summed E-state index contributed by atoms with van der Waals surface area (Å²) in [6, 6.07) is 14.7. The Balaban J connectivity index is 0.000000181. The molecule has 2 atom stereocenters. The van der Waals surface area contributed by atoms with E-state index in [4.69, 9.17) is 10.2 Å². The van der Waals surface area contributed by atoms with E-state index < -0.39 is 24.0 Å². The van der Waals surface area contributed by atoms with Gasteiger partial charge in [0, 0.05) is 47.0 Å². The van der Waals surface area contributed by atoms with E-state index in [0.29, 0.717) is 12.8 Å². The molecule has 2 heterocycles. The van der Waals surface area contributed by atoms with Crippen molar-refractivity contribution in [3.8, 4) is 0 Å². The molecule has 2 aromatic carbocycles. The Morgan fingerprint density at radius 3 is 1.47 bits per heavy atom. The van der Waals surface area contributed by atoms with Gasteiger partial charge in [0.25, 0.3) is 0 Å². The minimum Gasteiger partial charge on any atom is -0.480 e. The quantitative estimate of drug-likeness (QED) is 0.252. The fourth-order valence-electron chi connectivity index (χ4n) is 3.67. The third kappa shape index (κ3) is 5.35. The lowest BCUT2D eigenvalue weighted by Gasteiger charge is -2.09. The van der Waals surface area contributed by atoms with Crippen LogP contribution in [0, 0.1) is 0 Å². The summed E-state index contributed by atoms with van der Waals surface area (Å²) in [4.78, 5) is 28.1. The lowest BCUT2D eigenvalue weighted by Crippen LogP contribution is -2.35. The molecule has 0 aliphatic rings. The van der Waals surface area contributed by atoms with Gasteiger partial charge in [-0.3, -0.25) is 9.59 Å². The monoisotopic (exact) mass is 436 g/mol. The average Bonchev–Trinajstić information content (AvgIpc) is 3.40. The number of para-hydroxylation sites is 2. The lowest BCUT2D eigenvalue weighted by atomic mass is 10.1. The Morgan fingerprint density at radius 1 is 0.750 bits per heavy atom. The van der Waals surface area contributed by atoms with E-state index in [-0.39, 0.29) is 0 Å². The first kappa shape index (κ1) is 23.1. The van der Waals surface area contributed by atoms with Crippen LogP contribution < -0.4 is 10.6 Å². The summed E-state index contributed by atoms with van der Waals surface area (Å²) >= 11 is 0. The van der Waals surface area contributed by atoms with Crippen molar-refractivity contribution in [2.24, 2.45) is 0 Å². The van der Waals surface area contributed by atoms with Gasteiger partial charge >= 0.3 is 11.9 Å². The number of aromatic nitrogens is 2. The van der Waals surface area contributed by atoms with Crippen LogP contribution in [0.15, 0.2) is 60.9 Å². The normalized spacial score (nSPS) is 12.8. The zero-order valence-corrected chi connectivity index (χ0v) is 18.1. The Morgan fingerprint density at radius 2 is 1.12 bits per heavy atom. The zero-order chi connectivity index (χ0) is 23.1. The highest BCUT2D eigenvalue weighted by molar-refractivity contribution is 5.85. The maximum absolute atomic E-state index is 10.9. The van der Waals surface area contributed by atoms with E-state index in [1.165, 1.54) is 0 Å². The van der Waals surface area contributed by atoms with Crippen LogP contribution in [0.2, 0.25) is 0 Å². The highest BCUT2D eigenvalue weighted by Crippen LogP contribution is 2.20. The lowest BCUT2D eigenvalue weighted by molar-refractivity contribution is -0.140. The standard InChI is InChI=1S/2C12H14N2O2/c2*1-13-11(12(15)16)6-8-7-14-10-5-3-2-4-9(8)10/h2*2-5,7,11,13-14H,6H2,1H3,(H,15,16)/t2*11-/m11/s1. The molecule has 0 fully saturated rings. The molecule has 8 heteroatoms. The Bertz CT molecular complexity index is 1100. The van der Waals surface area contributed by atoms with E-state index in [1.807, 2.05) is 60.9 Å². The number of aliphatic carboxylic acids is 2. The molecule has 32 heavy (non-hydrogen) atoms. The van der Waals surface area contributed by atoms with Gasteiger partial charge in [-0.25, -0.2) is 0 Å². The average molecular weight is 437 g/mol. The molecule has 0 spiro atoms. The number of carboxylic acids is 2. The van der Waals surface area contributed by atoms with Gasteiger partial charge in [-0.05, 0) is 37.4 Å². The maximum Gasteiger partial charge on any atom is 0.321 e. The van der Waals surface area contributed by atoms with Gasteiger partial charge in [-0.15, -0.1) is 0 Å². The van der Waals surface area contributed by atoms with Gasteiger partial charge in [0.05, 0.1) is 0 Å². The number of fused-ring (bicyclic) bond motifs is 2. The summed E-state index contributed by atoms with van der Waals surface area (Å²) in [7, 11) is 3.32. The van der Waals surface area contributed by atoms with Crippen molar-refractivity contribution in [1.82, 2.24) is 20.6 Å². The van der Waals surface area contributed by atoms with Crippen molar-refractivity contribution >= 4 is 33.7 Å². The van der Waals surface area contributed by atoms with Gasteiger partial charge in [0.1, 0.15) is 12.1 Å². The van der Waals surface area contributed by atoms with Crippen LogP contribution in [0.4, 0.5) is 0 Å². The van der Waals surface area contributed by atoms with Gasteiger partial charge in [0.2, 0.25) is 0 Å². The summed E-state index contributed by atoms with van der Waals surface area (Å²) in [6.45, 7) is 0. The SMILES string of the molecule is CN[C@H](Cc1c[nH]c2ccccc12)C(=O)O.CN[C@H](Cc1c[nH]c2ccccc12)C(=O)O. The number of nitrogens with one attached hydrogen (secondary N) is 4.